The van der Waals surface area contributed by atoms with Gasteiger partial charge in [0.25, 0.3) is 5.01 Å². The van der Waals surface area contributed by atoms with E-state index in [2.05, 4.69) is 84.9 Å². The topological polar surface area (TPSA) is 64.3 Å². The summed E-state index contributed by atoms with van der Waals surface area (Å²) in [5.41, 5.74) is 5.87. The van der Waals surface area contributed by atoms with Gasteiger partial charge < -0.3 is 9.45 Å². The summed E-state index contributed by atoms with van der Waals surface area (Å²) < 4.78 is 38.3. The number of fused-ring (bicyclic) bond motifs is 6. The lowest BCUT2D eigenvalue weighted by Crippen LogP contribution is -2.33. The molecule has 0 spiro atoms. The van der Waals surface area contributed by atoms with E-state index < -0.39 is 10.1 Å². The molecule has 5 aromatic rings. The molecule has 0 fully saturated rings. The number of hydrogen-bond acceptors (Lipinski definition) is 6. The standard InChI is InChI=1S/C36H31ClN2O3S3/c1-4-38-30-16-9-25-20-22(3)6-14-28(25)35(30)43-32(38)18-11-23-7-8-24(34(23)37)12-19-33-39(5-2)31-17-10-26-21-27(45(40,41)42)13-15-29(26)36(31)44-33/h6,9-21H,4-5,7-8H2,1-3H3. The molecule has 1 aliphatic carbocycles. The first-order chi connectivity index (χ1) is 21.7. The fourth-order valence-electron chi connectivity index (χ4n) is 6.28. The Balaban J connectivity index is 1.17. The van der Waals surface area contributed by atoms with Gasteiger partial charge in [0.1, 0.15) is 21.4 Å². The summed E-state index contributed by atoms with van der Waals surface area (Å²) >= 11 is 10.4. The molecule has 5 nitrogen and oxygen atoms in total. The molecule has 228 valence electrons. The van der Waals surface area contributed by atoms with Crippen molar-refractivity contribution in [3.63, 3.8) is 0 Å². The first-order valence-electron chi connectivity index (χ1n) is 15.0. The van der Waals surface area contributed by atoms with E-state index in [0.717, 1.165) is 68.5 Å². The Morgan fingerprint density at radius 2 is 1.73 bits per heavy atom. The number of aromatic nitrogens is 1. The number of allylic oxidation sites excluding steroid dienone is 6. The van der Waals surface area contributed by atoms with Crippen LogP contribution in [0.3, 0.4) is 0 Å². The fraction of sp³-hybridized carbons (Fsp3) is 0.194. The smallest absolute Gasteiger partial charge is 0.262 e. The van der Waals surface area contributed by atoms with Crippen LogP contribution in [0.1, 0.15) is 37.3 Å². The third-order valence-corrected chi connectivity index (χ3v) is 12.3. The van der Waals surface area contributed by atoms with Crippen molar-refractivity contribution >= 4 is 88.3 Å². The van der Waals surface area contributed by atoms with Gasteiger partial charge in [0, 0.05) is 34.0 Å². The minimum atomic E-state index is -4.51. The summed E-state index contributed by atoms with van der Waals surface area (Å²) in [4.78, 5) is 3.10. The number of halogens is 1. The summed E-state index contributed by atoms with van der Waals surface area (Å²) in [5, 5.41) is 7.34. The molecule has 0 amide bonds. The Bertz CT molecular complexity index is 2280. The van der Waals surface area contributed by atoms with Crippen molar-refractivity contribution in [2.45, 2.75) is 49.9 Å². The normalized spacial score (nSPS) is 17.4. The van der Waals surface area contributed by atoms with Gasteiger partial charge in [-0.3, -0.25) is 0 Å². The Hall–Kier alpha value is -3.40. The summed E-state index contributed by atoms with van der Waals surface area (Å²) in [5.74, 6) is 0. The SMILES string of the molecule is CCN1C(=CC=C2CCC(C=Cc3sc4c5ccc(C)cc5ccc4[n+]3CC)=C2Cl)Sc2c1ccc1cc(S(=O)(=O)[O-])ccc21. The third-order valence-electron chi connectivity index (χ3n) is 8.56. The highest BCUT2D eigenvalue weighted by Crippen LogP contribution is 2.50. The van der Waals surface area contributed by atoms with Crippen molar-refractivity contribution in [3.05, 3.63) is 111 Å². The highest BCUT2D eigenvalue weighted by molar-refractivity contribution is 8.04. The van der Waals surface area contributed by atoms with Crippen molar-refractivity contribution in [1.29, 1.82) is 0 Å². The van der Waals surface area contributed by atoms with Gasteiger partial charge in [-0.15, -0.1) is 0 Å². The fourth-order valence-corrected chi connectivity index (χ4v) is 9.63. The number of anilines is 1. The number of benzene rings is 4. The maximum Gasteiger partial charge on any atom is 0.262 e. The molecule has 0 N–H and O–H groups in total. The lowest BCUT2D eigenvalue weighted by molar-refractivity contribution is -0.665. The van der Waals surface area contributed by atoms with Crippen LogP contribution in [-0.4, -0.2) is 19.5 Å². The number of rotatable bonds is 6. The molecule has 9 heteroatoms. The van der Waals surface area contributed by atoms with Crippen LogP contribution < -0.4 is 9.47 Å². The van der Waals surface area contributed by atoms with Crippen molar-refractivity contribution in [3.8, 4) is 0 Å². The molecular weight excluding hydrogens is 640 g/mol. The van der Waals surface area contributed by atoms with Crippen molar-refractivity contribution in [1.82, 2.24) is 0 Å². The molecule has 0 radical (unpaired) electrons. The predicted octanol–water partition coefficient (Wildman–Crippen LogP) is 9.43. The molecule has 1 aromatic heterocycles. The second kappa shape index (κ2) is 11.8. The van der Waals surface area contributed by atoms with E-state index in [0.29, 0.717) is 0 Å². The number of aryl methyl sites for hydroxylation is 2. The highest BCUT2D eigenvalue weighted by atomic mass is 35.5. The second-order valence-corrected chi connectivity index (χ2v) is 15.1. The van der Waals surface area contributed by atoms with E-state index in [1.165, 1.54) is 43.7 Å². The Kier molecular flexibility index (Phi) is 7.90. The Labute approximate surface area is 276 Å². The zero-order chi connectivity index (χ0) is 31.5. The van der Waals surface area contributed by atoms with E-state index in [1.807, 2.05) is 23.5 Å². The quantitative estimate of drug-likeness (QED) is 0.133. The molecule has 0 saturated carbocycles. The molecule has 45 heavy (non-hydrogen) atoms. The maximum absolute atomic E-state index is 11.5. The molecule has 0 saturated heterocycles. The lowest BCUT2D eigenvalue weighted by Gasteiger charge is -2.18. The van der Waals surface area contributed by atoms with Crippen molar-refractivity contribution in [2.75, 3.05) is 11.4 Å². The van der Waals surface area contributed by atoms with E-state index in [1.54, 1.807) is 17.8 Å². The number of hydrogen-bond donors (Lipinski definition) is 0. The van der Waals surface area contributed by atoms with Crippen LogP contribution in [0.15, 0.2) is 110 Å². The van der Waals surface area contributed by atoms with E-state index in [9.17, 15) is 13.0 Å². The largest absolute Gasteiger partial charge is 0.744 e. The monoisotopic (exact) mass is 670 g/mol. The molecule has 4 aromatic carbocycles. The predicted molar refractivity (Wildman–Crippen MR) is 188 cm³/mol. The van der Waals surface area contributed by atoms with Crippen LogP contribution >= 0.6 is 34.7 Å². The van der Waals surface area contributed by atoms with E-state index in [-0.39, 0.29) is 4.90 Å². The van der Waals surface area contributed by atoms with Gasteiger partial charge in [0.05, 0.1) is 15.6 Å². The van der Waals surface area contributed by atoms with Crippen molar-refractivity contribution < 1.29 is 17.5 Å². The number of thioether (sulfide) groups is 1. The lowest BCUT2D eigenvalue weighted by atomic mass is 10.1. The average molecular weight is 671 g/mol. The number of nitrogens with zero attached hydrogens (tertiary/aromatic N) is 2. The molecule has 2 aliphatic rings. The van der Waals surface area contributed by atoms with E-state index >= 15 is 0 Å². The van der Waals surface area contributed by atoms with Crippen molar-refractivity contribution in [2.24, 2.45) is 0 Å². The minimum absolute atomic E-state index is 0.209. The molecule has 0 atom stereocenters. The summed E-state index contributed by atoms with van der Waals surface area (Å²) in [6.45, 7) is 8.11. The van der Waals surface area contributed by atoms with Crippen LogP contribution in [-0.2, 0) is 16.7 Å². The Morgan fingerprint density at radius 1 is 0.956 bits per heavy atom. The maximum atomic E-state index is 11.5. The molecule has 1 aliphatic heterocycles. The first kappa shape index (κ1) is 30.3. The first-order valence-corrected chi connectivity index (χ1v) is 18.4. The second-order valence-electron chi connectivity index (χ2n) is 11.3. The van der Waals surface area contributed by atoms with Crippen LogP contribution in [0.5, 0.6) is 0 Å². The summed E-state index contributed by atoms with van der Waals surface area (Å²) in [6.07, 6.45) is 10.4. The van der Waals surface area contributed by atoms with Crippen LogP contribution in [0.4, 0.5) is 5.69 Å². The van der Waals surface area contributed by atoms with Gasteiger partial charge in [0.2, 0.25) is 5.52 Å². The molecule has 0 bridgehead atoms. The average Bonchev–Trinajstić information content (AvgIpc) is 3.69. The van der Waals surface area contributed by atoms with Crippen LogP contribution in [0.25, 0.3) is 37.8 Å². The van der Waals surface area contributed by atoms with Gasteiger partial charge >= 0.3 is 0 Å². The molecular formula is C36H31ClN2O3S3. The van der Waals surface area contributed by atoms with Gasteiger partial charge in [-0.1, -0.05) is 82.7 Å². The zero-order valence-corrected chi connectivity index (χ0v) is 28.3. The van der Waals surface area contributed by atoms with Gasteiger partial charge in [-0.25, -0.2) is 8.42 Å². The molecule has 0 unspecified atom stereocenters. The molecule has 7 rings (SSSR count). The van der Waals surface area contributed by atoms with Crippen LogP contribution in [0.2, 0.25) is 0 Å². The van der Waals surface area contributed by atoms with Crippen LogP contribution in [0, 0.1) is 6.92 Å². The van der Waals surface area contributed by atoms with Gasteiger partial charge in [0.15, 0.2) is 0 Å². The highest BCUT2D eigenvalue weighted by Gasteiger charge is 2.26. The minimum Gasteiger partial charge on any atom is -0.744 e. The Morgan fingerprint density at radius 3 is 2.51 bits per heavy atom. The van der Waals surface area contributed by atoms with Gasteiger partial charge in [-0.05, 0) is 91.3 Å². The molecule has 2 heterocycles. The van der Waals surface area contributed by atoms with Gasteiger partial charge in [-0.2, -0.15) is 4.57 Å². The summed E-state index contributed by atoms with van der Waals surface area (Å²) in [7, 11) is -4.51. The third kappa shape index (κ3) is 5.42. The van der Waals surface area contributed by atoms with E-state index in [4.69, 9.17) is 11.6 Å². The number of thiazole rings is 1. The zero-order valence-electron chi connectivity index (χ0n) is 25.1. The summed E-state index contributed by atoms with van der Waals surface area (Å²) in [6, 6.07) is 19.6.